The zero-order valence-electron chi connectivity index (χ0n) is 10.8. The Morgan fingerprint density at radius 2 is 2.30 bits per heavy atom. The summed E-state index contributed by atoms with van der Waals surface area (Å²) in [5, 5.41) is 11.3. The second-order valence-corrected chi connectivity index (χ2v) is 5.22. The molecular weight excluding hydrogens is 328 g/mol. The Morgan fingerprint density at radius 3 is 3.05 bits per heavy atom. The SMILES string of the molecule is O=C(CN1C(=O)COc2cc(Br)ccc21)NCCCO. The van der Waals surface area contributed by atoms with E-state index in [0.717, 1.165) is 4.47 Å². The van der Waals surface area contributed by atoms with E-state index < -0.39 is 0 Å². The quantitative estimate of drug-likeness (QED) is 0.771. The highest BCUT2D eigenvalue weighted by atomic mass is 79.9. The van der Waals surface area contributed by atoms with Crippen LogP contribution in [0.3, 0.4) is 0 Å². The Bertz CT molecular complexity index is 521. The van der Waals surface area contributed by atoms with Gasteiger partial charge in [-0.2, -0.15) is 0 Å². The van der Waals surface area contributed by atoms with Crippen LogP contribution < -0.4 is 15.0 Å². The number of carbonyl (C=O) groups excluding carboxylic acids is 2. The molecule has 1 aromatic rings. The minimum atomic E-state index is -0.262. The van der Waals surface area contributed by atoms with Gasteiger partial charge in [0, 0.05) is 17.6 Å². The number of ether oxygens (including phenoxy) is 1. The minimum absolute atomic E-state index is 0.0215. The maximum Gasteiger partial charge on any atom is 0.265 e. The second-order valence-electron chi connectivity index (χ2n) is 4.31. The van der Waals surface area contributed by atoms with E-state index in [0.29, 0.717) is 24.4 Å². The van der Waals surface area contributed by atoms with Gasteiger partial charge >= 0.3 is 0 Å². The lowest BCUT2D eigenvalue weighted by Gasteiger charge is -2.28. The Kier molecular flexibility index (Phi) is 4.97. The van der Waals surface area contributed by atoms with Crippen molar-refractivity contribution in [1.82, 2.24) is 5.32 Å². The zero-order valence-corrected chi connectivity index (χ0v) is 12.4. The van der Waals surface area contributed by atoms with Gasteiger partial charge in [-0.1, -0.05) is 15.9 Å². The summed E-state index contributed by atoms with van der Waals surface area (Å²) >= 11 is 3.33. The van der Waals surface area contributed by atoms with Crippen LogP contribution in [0.5, 0.6) is 5.75 Å². The average molecular weight is 343 g/mol. The molecular formula is C13H15BrN2O4. The lowest BCUT2D eigenvalue weighted by atomic mass is 10.2. The smallest absolute Gasteiger partial charge is 0.265 e. The van der Waals surface area contributed by atoms with E-state index in [9.17, 15) is 9.59 Å². The Morgan fingerprint density at radius 1 is 1.50 bits per heavy atom. The van der Waals surface area contributed by atoms with E-state index in [4.69, 9.17) is 9.84 Å². The molecule has 0 unspecified atom stereocenters. The maximum atomic E-state index is 11.9. The van der Waals surface area contributed by atoms with E-state index in [2.05, 4.69) is 21.2 Å². The van der Waals surface area contributed by atoms with E-state index in [1.165, 1.54) is 4.90 Å². The summed E-state index contributed by atoms with van der Waals surface area (Å²) in [5.41, 5.74) is 0.585. The van der Waals surface area contributed by atoms with Crippen LogP contribution >= 0.6 is 15.9 Å². The van der Waals surface area contributed by atoms with Crippen LogP contribution in [0.15, 0.2) is 22.7 Å². The molecule has 0 fully saturated rings. The standard InChI is InChI=1S/C13H15BrN2O4/c14-9-2-3-10-11(6-9)20-8-13(19)16(10)7-12(18)15-4-1-5-17/h2-3,6,17H,1,4-5,7-8H2,(H,15,18). The fourth-order valence-corrected chi connectivity index (χ4v) is 2.20. The van der Waals surface area contributed by atoms with Gasteiger partial charge < -0.3 is 15.2 Å². The molecule has 1 aliphatic heterocycles. The molecule has 0 saturated heterocycles. The number of nitrogens with zero attached hydrogens (tertiary/aromatic N) is 1. The number of halogens is 1. The van der Waals surface area contributed by atoms with E-state index in [1.807, 2.05) is 0 Å². The number of rotatable bonds is 5. The first-order chi connectivity index (χ1) is 9.61. The van der Waals surface area contributed by atoms with Crippen molar-refractivity contribution in [2.45, 2.75) is 6.42 Å². The van der Waals surface area contributed by atoms with Crippen LogP contribution in [0, 0.1) is 0 Å². The third kappa shape index (κ3) is 3.49. The predicted molar refractivity (Wildman–Crippen MR) is 76.7 cm³/mol. The number of fused-ring (bicyclic) bond motifs is 1. The van der Waals surface area contributed by atoms with Crippen LogP contribution in [-0.4, -0.2) is 43.2 Å². The van der Waals surface area contributed by atoms with Gasteiger partial charge in [-0.05, 0) is 24.6 Å². The third-order valence-electron chi connectivity index (χ3n) is 2.82. The molecule has 2 amide bonds. The van der Waals surface area contributed by atoms with Gasteiger partial charge in [-0.3, -0.25) is 14.5 Å². The van der Waals surface area contributed by atoms with Crippen molar-refractivity contribution in [2.24, 2.45) is 0 Å². The van der Waals surface area contributed by atoms with Crippen molar-refractivity contribution in [3.63, 3.8) is 0 Å². The molecule has 0 spiro atoms. The van der Waals surface area contributed by atoms with Crippen LogP contribution in [0.4, 0.5) is 5.69 Å². The summed E-state index contributed by atoms with van der Waals surface area (Å²) in [4.78, 5) is 25.1. The summed E-state index contributed by atoms with van der Waals surface area (Å²) in [6.45, 7) is 0.282. The molecule has 0 bridgehead atoms. The fraction of sp³-hybridized carbons (Fsp3) is 0.385. The molecule has 20 heavy (non-hydrogen) atoms. The predicted octanol–water partition coefficient (Wildman–Crippen LogP) is 0.673. The molecule has 7 heteroatoms. The van der Waals surface area contributed by atoms with Gasteiger partial charge in [0.15, 0.2) is 6.61 Å². The number of benzene rings is 1. The molecule has 1 aliphatic rings. The summed E-state index contributed by atoms with van der Waals surface area (Å²) < 4.78 is 6.19. The zero-order chi connectivity index (χ0) is 14.5. The second kappa shape index (κ2) is 6.71. The number of anilines is 1. The van der Waals surface area contributed by atoms with Crippen LogP contribution in [0.25, 0.3) is 0 Å². The van der Waals surface area contributed by atoms with Gasteiger partial charge in [0.2, 0.25) is 5.91 Å². The van der Waals surface area contributed by atoms with Crippen molar-refractivity contribution in [3.05, 3.63) is 22.7 Å². The lowest BCUT2D eigenvalue weighted by molar-refractivity contribution is -0.125. The molecule has 0 aliphatic carbocycles. The van der Waals surface area contributed by atoms with Crippen LogP contribution in [0.1, 0.15) is 6.42 Å². The number of carbonyl (C=O) groups is 2. The largest absolute Gasteiger partial charge is 0.482 e. The first-order valence-electron chi connectivity index (χ1n) is 6.22. The Hall–Kier alpha value is -1.60. The fourth-order valence-electron chi connectivity index (χ4n) is 1.86. The van der Waals surface area contributed by atoms with Gasteiger partial charge in [-0.25, -0.2) is 0 Å². The molecule has 1 aromatic carbocycles. The van der Waals surface area contributed by atoms with Crippen molar-refractivity contribution in [1.29, 1.82) is 0 Å². The maximum absolute atomic E-state index is 11.9. The minimum Gasteiger partial charge on any atom is -0.482 e. The topological polar surface area (TPSA) is 78.9 Å². The Labute approximate surface area is 124 Å². The Balaban J connectivity index is 2.07. The summed E-state index contributed by atoms with van der Waals surface area (Å²) in [6, 6.07) is 5.29. The first kappa shape index (κ1) is 14.8. The number of amides is 2. The molecule has 108 valence electrons. The molecule has 0 aromatic heterocycles. The van der Waals surface area contributed by atoms with Crippen LogP contribution in [-0.2, 0) is 9.59 Å². The normalized spacial score (nSPS) is 13.7. The number of aliphatic hydroxyl groups is 1. The van der Waals surface area contributed by atoms with E-state index in [-0.39, 0.29) is 31.6 Å². The third-order valence-corrected chi connectivity index (χ3v) is 3.32. The van der Waals surface area contributed by atoms with Crippen molar-refractivity contribution >= 4 is 33.4 Å². The summed E-state index contributed by atoms with van der Waals surface area (Å²) in [7, 11) is 0. The van der Waals surface area contributed by atoms with Gasteiger partial charge in [0.1, 0.15) is 12.3 Å². The summed E-state index contributed by atoms with van der Waals surface area (Å²) in [5.74, 6) is 0.0573. The average Bonchev–Trinajstić information content (AvgIpc) is 2.42. The monoisotopic (exact) mass is 342 g/mol. The van der Waals surface area contributed by atoms with Crippen LogP contribution in [0.2, 0.25) is 0 Å². The van der Waals surface area contributed by atoms with Crippen molar-refractivity contribution < 1.29 is 19.4 Å². The lowest BCUT2D eigenvalue weighted by Crippen LogP contribution is -2.45. The molecule has 1 heterocycles. The number of hydrogen-bond donors (Lipinski definition) is 2. The molecule has 0 saturated carbocycles. The van der Waals surface area contributed by atoms with Crippen molar-refractivity contribution in [3.8, 4) is 5.75 Å². The number of aliphatic hydroxyl groups excluding tert-OH is 1. The van der Waals surface area contributed by atoms with E-state index in [1.54, 1.807) is 18.2 Å². The molecule has 6 nitrogen and oxygen atoms in total. The van der Waals surface area contributed by atoms with Crippen molar-refractivity contribution in [2.75, 3.05) is 31.2 Å². The number of nitrogens with one attached hydrogen (secondary N) is 1. The van der Waals surface area contributed by atoms with Gasteiger partial charge in [-0.15, -0.1) is 0 Å². The number of hydrogen-bond acceptors (Lipinski definition) is 4. The highest BCUT2D eigenvalue weighted by Gasteiger charge is 2.27. The molecule has 2 N–H and O–H groups in total. The molecule has 2 rings (SSSR count). The van der Waals surface area contributed by atoms with Gasteiger partial charge in [0.05, 0.1) is 5.69 Å². The van der Waals surface area contributed by atoms with Gasteiger partial charge in [0.25, 0.3) is 5.91 Å². The first-order valence-corrected chi connectivity index (χ1v) is 7.01. The van der Waals surface area contributed by atoms with E-state index >= 15 is 0 Å². The highest BCUT2D eigenvalue weighted by Crippen LogP contribution is 2.34. The summed E-state index contributed by atoms with van der Waals surface area (Å²) in [6.07, 6.45) is 0.492. The molecule has 0 radical (unpaired) electrons. The highest BCUT2D eigenvalue weighted by molar-refractivity contribution is 9.10. The molecule has 0 atom stereocenters.